The number of aryl methyl sites for hydroxylation is 1. The molecular formula is C14H20ClN3O3. The van der Waals surface area contributed by atoms with Gasteiger partial charge in [-0.15, -0.1) is 12.4 Å². The van der Waals surface area contributed by atoms with E-state index in [2.05, 4.69) is 10.6 Å². The highest BCUT2D eigenvalue weighted by Crippen LogP contribution is 2.22. The maximum Gasteiger partial charge on any atom is 0.274 e. The van der Waals surface area contributed by atoms with Gasteiger partial charge in [-0.1, -0.05) is 6.07 Å². The van der Waals surface area contributed by atoms with Gasteiger partial charge in [-0.05, 0) is 38.8 Å². The molecule has 1 fully saturated rings. The van der Waals surface area contributed by atoms with Crippen LogP contribution in [-0.4, -0.2) is 23.4 Å². The molecule has 1 aliphatic rings. The minimum atomic E-state index is -0.437. The molecule has 0 radical (unpaired) electrons. The fraction of sp³-hybridized carbons (Fsp3) is 0.500. The van der Waals surface area contributed by atoms with Crippen LogP contribution in [-0.2, 0) is 4.79 Å². The third-order valence-electron chi connectivity index (χ3n) is 3.57. The van der Waals surface area contributed by atoms with Gasteiger partial charge in [0.1, 0.15) is 0 Å². The molecular weight excluding hydrogens is 294 g/mol. The predicted molar refractivity (Wildman–Crippen MR) is 84.0 cm³/mol. The van der Waals surface area contributed by atoms with Gasteiger partial charge in [0.15, 0.2) is 0 Å². The molecule has 1 aliphatic heterocycles. The van der Waals surface area contributed by atoms with E-state index < -0.39 is 4.92 Å². The van der Waals surface area contributed by atoms with Crippen molar-refractivity contribution in [2.75, 3.05) is 11.9 Å². The lowest BCUT2D eigenvalue weighted by molar-refractivity contribution is -0.385. The van der Waals surface area contributed by atoms with Gasteiger partial charge in [-0.2, -0.15) is 0 Å². The summed E-state index contributed by atoms with van der Waals surface area (Å²) in [5.41, 5.74) is 1.09. The first kappa shape index (κ1) is 17.4. The van der Waals surface area contributed by atoms with Crippen molar-refractivity contribution in [1.29, 1.82) is 0 Å². The zero-order valence-corrected chi connectivity index (χ0v) is 12.7. The number of nitrogens with one attached hydrogen (secondary N) is 2. The van der Waals surface area contributed by atoms with E-state index in [-0.39, 0.29) is 24.0 Å². The van der Waals surface area contributed by atoms with Crippen LogP contribution in [0.1, 0.15) is 31.2 Å². The number of hydrogen-bond acceptors (Lipinski definition) is 4. The van der Waals surface area contributed by atoms with Crippen LogP contribution in [0.15, 0.2) is 18.2 Å². The van der Waals surface area contributed by atoms with Gasteiger partial charge < -0.3 is 10.6 Å². The third kappa shape index (κ3) is 4.99. The second kappa shape index (κ2) is 7.95. The van der Waals surface area contributed by atoms with Crippen LogP contribution < -0.4 is 10.6 Å². The lowest BCUT2D eigenvalue weighted by Gasteiger charge is -2.10. The number of amides is 1. The average molecular weight is 314 g/mol. The quantitative estimate of drug-likeness (QED) is 0.646. The van der Waals surface area contributed by atoms with Gasteiger partial charge >= 0.3 is 0 Å². The SMILES string of the molecule is Cc1ccc(NC(=O)CCC2CCCN2)cc1[N+](=O)[O-].Cl. The Morgan fingerprint density at radius 2 is 2.29 bits per heavy atom. The molecule has 0 spiro atoms. The maximum absolute atomic E-state index is 11.8. The van der Waals surface area contributed by atoms with Crippen LogP contribution in [0.4, 0.5) is 11.4 Å². The lowest BCUT2D eigenvalue weighted by atomic mass is 10.1. The molecule has 6 nitrogen and oxygen atoms in total. The molecule has 1 unspecified atom stereocenters. The predicted octanol–water partition coefficient (Wildman–Crippen LogP) is 2.80. The molecule has 2 N–H and O–H groups in total. The van der Waals surface area contributed by atoms with Gasteiger partial charge in [0.25, 0.3) is 5.69 Å². The molecule has 1 heterocycles. The Labute approximate surface area is 129 Å². The molecule has 1 saturated heterocycles. The number of rotatable bonds is 5. The molecule has 1 aromatic rings. The third-order valence-corrected chi connectivity index (χ3v) is 3.57. The van der Waals surface area contributed by atoms with Gasteiger partial charge in [0.05, 0.1) is 4.92 Å². The van der Waals surface area contributed by atoms with E-state index in [1.807, 2.05) is 0 Å². The Hall–Kier alpha value is -1.66. The number of halogens is 1. The number of carbonyl (C=O) groups excluding carboxylic acids is 1. The van der Waals surface area contributed by atoms with Crippen LogP contribution >= 0.6 is 12.4 Å². The first-order valence-corrected chi connectivity index (χ1v) is 6.84. The minimum Gasteiger partial charge on any atom is -0.326 e. The van der Waals surface area contributed by atoms with Crippen molar-refractivity contribution in [3.63, 3.8) is 0 Å². The molecule has 0 saturated carbocycles. The number of nitro benzene ring substituents is 1. The molecule has 21 heavy (non-hydrogen) atoms. The van der Waals surface area contributed by atoms with Crippen LogP contribution in [0.25, 0.3) is 0 Å². The second-order valence-electron chi connectivity index (χ2n) is 5.14. The maximum atomic E-state index is 11.8. The number of carbonyl (C=O) groups is 1. The highest BCUT2D eigenvalue weighted by molar-refractivity contribution is 5.91. The normalized spacial score (nSPS) is 17.1. The van der Waals surface area contributed by atoms with Gasteiger partial charge in [-0.25, -0.2) is 0 Å². The number of hydrogen-bond donors (Lipinski definition) is 2. The monoisotopic (exact) mass is 313 g/mol. The molecule has 0 aliphatic carbocycles. The summed E-state index contributed by atoms with van der Waals surface area (Å²) in [6.07, 6.45) is 3.51. The number of nitro groups is 1. The van der Waals surface area contributed by atoms with Crippen molar-refractivity contribution < 1.29 is 9.72 Å². The van der Waals surface area contributed by atoms with E-state index in [0.29, 0.717) is 23.7 Å². The standard InChI is InChI=1S/C14H19N3O3.ClH/c1-10-4-5-12(9-13(10)17(19)20)16-14(18)7-6-11-3-2-8-15-11;/h4-5,9,11,15H,2-3,6-8H2,1H3,(H,16,18);1H. The summed E-state index contributed by atoms with van der Waals surface area (Å²) in [7, 11) is 0. The Balaban J connectivity index is 0.00000220. The zero-order valence-electron chi connectivity index (χ0n) is 11.9. The topological polar surface area (TPSA) is 84.3 Å². The molecule has 1 aromatic carbocycles. The van der Waals surface area contributed by atoms with Crippen molar-refractivity contribution in [2.45, 2.75) is 38.6 Å². The summed E-state index contributed by atoms with van der Waals surface area (Å²) in [5, 5.41) is 16.9. The van der Waals surface area contributed by atoms with E-state index in [9.17, 15) is 14.9 Å². The number of nitrogens with zero attached hydrogens (tertiary/aromatic N) is 1. The summed E-state index contributed by atoms with van der Waals surface area (Å²) >= 11 is 0. The van der Waals surface area contributed by atoms with Crippen molar-refractivity contribution in [2.24, 2.45) is 0 Å². The largest absolute Gasteiger partial charge is 0.326 e. The highest BCUT2D eigenvalue weighted by Gasteiger charge is 2.16. The van der Waals surface area contributed by atoms with Crippen LogP contribution in [0.5, 0.6) is 0 Å². The van der Waals surface area contributed by atoms with Crippen molar-refractivity contribution in [1.82, 2.24) is 5.32 Å². The minimum absolute atomic E-state index is 0. The molecule has 0 bridgehead atoms. The first-order valence-electron chi connectivity index (χ1n) is 6.84. The molecule has 2 rings (SSSR count). The Bertz CT molecular complexity index is 516. The molecule has 7 heteroatoms. The van der Waals surface area contributed by atoms with Crippen molar-refractivity contribution in [3.8, 4) is 0 Å². The van der Waals surface area contributed by atoms with E-state index in [1.165, 1.54) is 6.07 Å². The van der Waals surface area contributed by atoms with E-state index in [4.69, 9.17) is 0 Å². The van der Waals surface area contributed by atoms with Crippen LogP contribution in [0.3, 0.4) is 0 Å². The highest BCUT2D eigenvalue weighted by atomic mass is 35.5. The smallest absolute Gasteiger partial charge is 0.274 e. The van der Waals surface area contributed by atoms with Crippen LogP contribution in [0, 0.1) is 17.0 Å². The fourth-order valence-electron chi connectivity index (χ4n) is 2.42. The Morgan fingerprint density at radius 3 is 2.90 bits per heavy atom. The first-order chi connectivity index (χ1) is 9.56. The van der Waals surface area contributed by atoms with Gasteiger partial charge in [-0.3, -0.25) is 14.9 Å². The lowest BCUT2D eigenvalue weighted by Crippen LogP contribution is -2.23. The summed E-state index contributed by atoms with van der Waals surface area (Å²) in [4.78, 5) is 22.2. The summed E-state index contributed by atoms with van der Waals surface area (Å²) in [6, 6.07) is 5.16. The van der Waals surface area contributed by atoms with E-state index in [1.54, 1.807) is 19.1 Å². The summed E-state index contributed by atoms with van der Waals surface area (Å²) < 4.78 is 0. The fourth-order valence-corrected chi connectivity index (χ4v) is 2.42. The van der Waals surface area contributed by atoms with Gasteiger partial charge in [0.2, 0.25) is 5.91 Å². The zero-order chi connectivity index (χ0) is 14.5. The second-order valence-corrected chi connectivity index (χ2v) is 5.14. The Morgan fingerprint density at radius 1 is 1.52 bits per heavy atom. The molecule has 1 atom stereocenters. The number of anilines is 1. The summed E-state index contributed by atoms with van der Waals surface area (Å²) in [5.74, 6) is -0.100. The van der Waals surface area contributed by atoms with Crippen molar-refractivity contribution >= 4 is 29.7 Å². The van der Waals surface area contributed by atoms with Crippen molar-refractivity contribution in [3.05, 3.63) is 33.9 Å². The average Bonchev–Trinajstić information content (AvgIpc) is 2.91. The molecule has 116 valence electrons. The van der Waals surface area contributed by atoms with Gasteiger partial charge in [0, 0.05) is 29.8 Å². The summed E-state index contributed by atoms with van der Waals surface area (Å²) in [6.45, 7) is 2.70. The van der Waals surface area contributed by atoms with Crippen LogP contribution in [0.2, 0.25) is 0 Å². The Kier molecular flexibility index (Phi) is 6.58. The van der Waals surface area contributed by atoms with E-state index in [0.717, 1.165) is 25.8 Å². The molecule has 1 amide bonds. The van der Waals surface area contributed by atoms with E-state index >= 15 is 0 Å². The molecule has 0 aromatic heterocycles. The number of benzene rings is 1.